The summed E-state index contributed by atoms with van der Waals surface area (Å²) in [5.41, 5.74) is 2.13. The molecule has 0 atom stereocenters. The molecule has 27 heavy (non-hydrogen) atoms. The summed E-state index contributed by atoms with van der Waals surface area (Å²) in [4.78, 5) is 14.2. The first-order valence-electron chi connectivity index (χ1n) is 9.22. The summed E-state index contributed by atoms with van der Waals surface area (Å²) >= 11 is 0. The van der Waals surface area contributed by atoms with Gasteiger partial charge < -0.3 is 4.90 Å². The largest absolute Gasteiger partial charge is 0.335 e. The maximum Gasteiger partial charge on any atom is 0.238 e. The normalized spacial score (nSPS) is 11.5. The summed E-state index contributed by atoms with van der Waals surface area (Å²) in [6, 6.07) is 19.4. The van der Waals surface area contributed by atoms with Gasteiger partial charge in [0.1, 0.15) is 0 Å². The fourth-order valence-electron chi connectivity index (χ4n) is 2.80. The van der Waals surface area contributed by atoms with Crippen molar-refractivity contribution in [2.45, 2.75) is 39.3 Å². The number of hydrogen-bond donors (Lipinski definition) is 1. The van der Waals surface area contributed by atoms with Crippen LogP contribution < -0.4 is 4.72 Å². The lowest BCUT2D eigenvalue weighted by Crippen LogP contribution is -2.43. The van der Waals surface area contributed by atoms with Crippen LogP contribution in [0.5, 0.6) is 0 Å². The molecule has 146 valence electrons. The fourth-order valence-corrected chi connectivity index (χ4v) is 3.81. The van der Waals surface area contributed by atoms with Gasteiger partial charge in [0.05, 0.1) is 12.3 Å². The number of sulfonamides is 1. The van der Waals surface area contributed by atoms with Crippen molar-refractivity contribution in [2.24, 2.45) is 0 Å². The first-order valence-corrected chi connectivity index (χ1v) is 10.9. The molecule has 2 rings (SSSR count). The van der Waals surface area contributed by atoms with Crippen molar-refractivity contribution in [3.63, 3.8) is 0 Å². The summed E-state index contributed by atoms with van der Waals surface area (Å²) in [6.45, 7) is 4.11. The van der Waals surface area contributed by atoms with Gasteiger partial charge >= 0.3 is 0 Å². The van der Waals surface area contributed by atoms with E-state index in [1.54, 1.807) is 4.90 Å². The van der Waals surface area contributed by atoms with Crippen molar-refractivity contribution < 1.29 is 13.2 Å². The van der Waals surface area contributed by atoms with Crippen LogP contribution in [0.15, 0.2) is 60.7 Å². The van der Waals surface area contributed by atoms with E-state index in [9.17, 15) is 13.2 Å². The monoisotopic (exact) mass is 388 g/mol. The standard InChI is InChI=1S/C21H28N2O3S/c1-18(2)23(17-20-12-7-4-8-13-20)21(24)16-22-27(25,26)15-9-14-19-10-5-3-6-11-19/h3-8,10-13,18,22H,9,14-17H2,1-2H3. The zero-order valence-electron chi connectivity index (χ0n) is 16.0. The van der Waals surface area contributed by atoms with E-state index < -0.39 is 10.0 Å². The number of aryl methyl sites for hydroxylation is 1. The lowest BCUT2D eigenvalue weighted by molar-refractivity contribution is -0.132. The van der Waals surface area contributed by atoms with Crippen LogP contribution in [0.2, 0.25) is 0 Å². The van der Waals surface area contributed by atoms with E-state index in [1.807, 2.05) is 74.5 Å². The Bertz CT molecular complexity index is 806. The maximum atomic E-state index is 12.5. The SMILES string of the molecule is CC(C)N(Cc1ccccc1)C(=O)CNS(=O)(=O)CCCc1ccccc1. The second kappa shape index (κ2) is 10.2. The zero-order valence-corrected chi connectivity index (χ0v) is 16.8. The Labute approximate surface area is 162 Å². The lowest BCUT2D eigenvalue weighted by Gasteiger charge is -2.27. The highest BCUT2D eigenvalue weighted by Crippen LogP contribution is 2.09. The molecule has 0 heterocycles. The predicted molar refractivity (Wildman–Crippen MR) is 109 cm³/mol. The molecule has 2 aromatic carbocycles. The number of carbonyl (C=O) groups is 1. The molecule has 0 saturated carbocycles. The van der Waals surface area contributed by atoms with Gasteiger partial charge in [0.15, 0.2) is 0 Å². The minimum Gasteiger partial charge on any atom is -0.335 e. The molecule has 6 heteroatoms. The van der Waals surface area contributed by atoms with E-state index >= 15 is 0 Å². The molecule has 5 nitrogen and oxygen atoms in total. The van der Waals surface area contributed by atoms with Crippen molar-refractivity contribution in [3.8, 4) is 0 Å². The number of amides is 1. The summed E-state index contributed by atoms with van der Waals surface area (Å²) in [5, 5.41) is 0. The molecule has 0 fully saturated rings. The van der Waals surface area contributed by atoms with Crippen molar-refractivity contribution in [2.75, 3.05) is 12.3 Å². The van der Waals surface area contributed by atoms with Crippen molar-refractivity contribution >= 4 is 15.9 Å². The predicted octanol–water partition coefficient (Wildman–Crippen LogP) is 2.98. The molecule has 0 radical (unpaired) electrons. The minimum absolute atomic E-state index is 0.00946. The van der Waals surface area contributed by atoms with Gasteiger partial charge in [-0.05, 0) is 37.8 Å². The molecular formula is C21H28N2O3S. The third-order valence-electron chi connectivity index (χ3n) is 4.30. The van der Waals surface area contributed by atoms with Crippen LogP contribution in [0.1, 0.15) is 31.4 Å². The first-order chi connectivity index (χ1) is 12.9. The van der Waals surface area contributed by atoms with Gasteiger partial charge in [-0.2, -0.15) is 0 Å². The van der Waals surface area contributed by atoms with Crippen LogP contribution in [0.25, 0.3) is 0 Å². The molecule has 0 bridgehead atoms. The summed E-state index contributed by atoms with van der Waals surface area (Å²) in [7, 11) is -3.48. The second-order valence-corrected chi connectivity index (χ2v) is 8.76. The highest BCUT2D eigenvalue weighted by molar-refractivity contribution is 7.89. The van der Waals surface area contributed by atoms with Gasteiger partial charge in [-0.1, -0.05) is 60.7 Å². The Balaban J connectivity index is 1.83. The number of benzene rings is 2. The average molecular weight is 389 g/mol. The van der Waals surface area contributed by atoms with E-state index in [-0.39, 0.29) is 24.2 Å². The maximum absolute atomic E-state index is 12.5. The molecule has 2 aromatic rings. The molecule has 0 saturated heterocycles. The van der Waals surface area contributed by atoms with Crippen LogP contribution in [-0.2, 0) is 27.8 Å². The van der Waals surface area contributed by atoms with Crippen LogP contribution >= 0.6 is 0 Å². The van der Waals surface area contributed by atoms with Gasteiger partial charge in [0.25, 0.3) is 0 Å². The van der Waals surface area contributed by atoms with Gasteiger partial charge in [-0.3, -0.25) is 4.79 Å². The van der Waals surface area contributed by atoms with Crippen LogP contribution in [0, 0.1) is 0 Å². The molecule has 0 unspecified atom stereocenters. The summed E-state index contributed by atoms with van der Waals surface area (Å²) in [6.07, 6.45) is 1.22. The van der Waals surface area contributed by atoms with Crippen molar-refractivity contribution in [1.29, 1.82) is 0 Å². The number of rotatable bonds is 10. The molecule has 0 aliphatic rings. The number of carbonyl (C=O) groups excluding carboxylic acids is 1. The molecule has 1 N–H and O–H groups in total. The average Bonchev–Trinajstić information content (AvgIpc) is 2.65. The van der Waals surface area contributed by atoms with E-state index in [0.717, 1.165) is 11.1 Å². The van der Waals surface area contributed by atoms with E-state index in [4.69, 9.17) is 0 Å². The molecular weight excluding hydrogens is 360 g/mol. The lowest BCUT2D eigenvalue weighted by atomic mass is 10.1. The quantitative estimate of drug-likeness (QED) is 0.680. The number of nitrogens with one attached hydrogen (secondary N) is 1. The van der Waals surface area contributed by atoms with Crippen molar-refractivity contribution in [1.82, 2.24) is 9.62 Å². The Morgan fingerprint density at radius 1 is 0.963 bits per heavy atom. The van der Waals surface area contributed by atoms with Crippen LogP contribution in [0.4, 0.5) is 0 Å². The topological polar surface area (TPSA) is 66.5 Å². The smallest absolute Gasteiger partial charge is 0.238 e. The van der Waals surface area contributed by atoms with Gasteiger partial charge in [-0.15, -0.1) is 0 Å². The van der Waals surface area contributed by atoms with Gasteiger partial charge in [0, 0.05) is 12.6 Å². The Morgan fingerprint density at radius 3 is 2.07 bits per heavy atom. The summed E-state index contributed by atoms with van der Waals surface area (Å²) in [5.74, 6) is -0.212. The van der Waals surface area contributed by atoms with E-state index in [2.05, 4.69) is 4.72 Å². The molecule has 0 spiro atoms. The van der Waals surface area contributed by atoms with E-state index in [0.29, 0.717) is 19.4 Å². The number of nitrogens with zero attached hydrogens (tertiary/aromatic N) is 1. The number of hydrogen-bond acceptors (Lipinski definition) is 3. The van der Waals surface area contributed by atoms with Crippen LogP contribution in [0.3, 0.4) is 0 Å². The highest BCUT2D eigenvalue weighted by Gasteiger charge is 2.19. The Morgan fingerprint density at radius 2 is 1.52 bits per heavy atom. The molecule has 0 aliphatic carbocycles. The van der Waals surface area contributed by atoms with E-state index in [1.165, 1.54) is 0 Å². The third-order valence-corrected chi connectivity index (χ3v) is 5.71. The molecule has 0 aliphatic heterocycles. The molecule has 0 aromatic heterocycles. The minimum atomic E-state index is -3.48. The Kier molecular flexibility index (Phi) is 8.00. The van der Waals surface area contributed by atoms with Gasteiger partial charge in [-0.25, -0.2) is 13.1 Å². The second-order valence-electron chi connectivity index (χ2n) is 6.83. The first kappa shape index (κ1) is 21.1. The fraction of sp³-hybridized carbons (Fsp3) is 0.381. The van der Waals surface area contributed by atoms with Gasteiger partial charge in [0.2, 0.25) is 15.9 Å². The highest BCUT2D eigenvalue weighted by atomic mass is 32.2. The molecule has 1 amide bonds. The zero-order chi connectivity index (χ0) is 19.7. The summed E-state index contributed by atoms with van der Waals surface area (Å²) < 4.78 is 26.8. The Hall–Kier alpha value is -2.18. The van der Waals surface area contributed by atoms with Crippen LogP contribution in [-0.4, -0.2) is 37.6 Å². The third kappa shape index (κ3) is 7.53. The van der Waals surface area contributed by atoms with Crippen molar-refractivity contribution in [3.05, 3.63) is 71.8 Å².